The molecule has 2 atom stereocenters. The number of hydrogen-bond acceptors (Lipinski definition) is 3. The molecule has 0 aromatic rings. The Morgan fingerprint density at radius 1 is 1.85 bits per heavy atom. The van der Waals surface area contributed by atoms with Gasteiger partial charge in [0.15, 0.2) is 0 Å². The van der Waals surface area contributed by atoms with Crippen LogP contribution >= 0.6 is 0 Å². The summed E-state index contributed by atoms with van der Waals surface area (Å²) in [5.74, 6) is -0.147. The van der Waals surface area contributed by atoms with Crippen molar-refractivity contribution in [2.75, 3.05) is 6.61 Å². The van der Waals surface area contributed by atoms with Crippen molar-refractivity contribution in [3.05, 3.63) is 0 Å². The highest BCUT2D eigenvalue weighted by molar-refractivity contribution is 5.81. The maximum absolute atomic E-state index is 11.4. The molecule has 0 saturated carbocycles. The molecule has 0 aromatic heterocycles. The lowest BCUT2D eigenvalue weighted by atomic mass is 10.2. The molecule has 1 saturated heterocycles. The molecule has 13 heavy (non-hydrogen) atoms. The van der Waals surface area contributed by atoms with Crippen LogP contribution in [0.2, 0.25) is 0 Å². The average molecular weight is 182 g/mol. The fourth-order valence-electron chi connectivity index (χ4n) is 1.27. The van der Waals surface area contributed by atoms with Gasteiger partial charge in [0.25, 0.3) is 0 Å². The third kappa shape index (κ3) is 2.71. The zero-order chi connectivity index (χ0) is 9.68. The number of ether oxygens (including phenoxy) is 1. The summed E-state index contributed by atoms with van der Waals surface area (Å²) in [5.41, 5.74) is 0. The number of nitrogens with zero attached hydrogens (tertiary/aromatic N) is 1. The molecule has 0 unspecified atom stereocenters. The summed E-state index contributed by atoms with van der Waals surface area (Å²) in [4.78, 5) is 11.4. The van der Waals surface area contributed by atoms with Crippen molar-refractivity contribution in [1.29, 1.82) is 5.26 Å². The topological polar surface area (TPSA) is 62.1 Å². The van der Waals surface area contributed by atoms with Crippen LogP contribution in [-0.4, -0.2) is 24.7 Å². The molecule has 72 valence electrons. The summed E-state index contributed by atoms with van der Waals surface area (Å²) in [7, 11) is 0. The van der Waals surface area contributed by atoms with Crippen LogP contribution in [0.25, 0.3) is 0 Å². The summed E-state index contributed by atoms with van der Waals surface area (Å²) in [6.45, 7) is 2.52. The maximum Gasteiger partial charge on any atom is 0.250 e. The van der Waals surface area contributed by atoms with Crippen LogP contribution in [0.4, 0.5) is 0 Å². The standard InChI is InChI=1S/C9H14N2O2/c1-2-7(6-10)11-9(12)8-4-3-5-13-8/h7-8H,2-5H2,1H3,(H,11,12)/t7-,8-/m0/s1. The van der Waals surface area contributed by atoms with E-state index in [1.165, 1.54) is 0 Å². The number of rotatable bonds is 3. The Morgan fingerprint density at radius 2 is 2.62 bits per heavy atom. The quantitative estimate of drug-likeness (QED) is 0.694. The molecule has 1 fully saturated rings. The summed E-state index contributed by atoms with van der Waals surface area (Å²) >= 11 is 0. The van der Waals surface area contributed by atoms with E-state index in [4.69, 9.17) is 10.00 Å². The molecule has 1 aliphatic rings. The van der Waals surface area contributed by atoms with Gasteiger partial charge in [0, 0.05) is 6.61 Å². The van der Waals surface area contributed by atoms with E-state index in [1.54, 1.807) is 0 Å². The number of amides is 1. The lowest BCUT2D eigenvalue weighted by molar-refractivity contribution is -0.130. The fourth-order valence-corrected chi connectivity index (χ4v) is 1.27. The van der Waals surface area contributed by atoms with Crippen molar-refractivity contribution < 1.29 is 9.53 Å². The zero-order valence-electron chi connectivity index (χ0n) is 7.75. The molecule has 0 aromatic carbocycles. The van der Waals surface area contributed by atoms with E-state index in [1.807, 2.05) is 13.0 Å². The molecule has 1 rings (SSSR count). The number of nitriles is 1. The van der Waals surface area contributed by atoms with Crippen molar-refractivity contribution in [3.63, 3.8) is 0 Å². The summed E-state index contributed by atoms with van der Waals surface area (Å²) in [6.07, 6.45) is 2.01. The first kappa shape index (κ1) is 10.0. The molecule has 1 aliphatic heterocycles. The van der Waals surface area contributed by atoms with E-state index in [9.17, 15) is 4.79 Å². The van der Waals surface area contributed by atoms with Gasteiger partial charge < -0.3 is 10.1 Å². The Hall–Kier alpha value is -1.08. The number of hydrogen-bond donors (Lipinski definition) is 1. The predicted molar refractivity (Wildman–Crippen MR) is 46.8 cm³/mol. The van der Waals surface area contributed by atoms with Crippen LogP contribution in [0.3, 0.4) is 0 Å². The van der Waals surface area contributed by atoms with Crippen molar-refractivity contribution in [2.45, 2.75) is 38.3 Å². The van der Waals surface area contributed by atoms with Crippen molar-refractivity contribution in [2.24, 2.45) is 0 Å². The Bertz CT molecular complexity index is 216. The second kappa shape index (κ2) is 4.83. The number of carbonyl (C=O) groups excluding carboxylic acids is 1. The van der Waals surface area contributed by atoms with Gasteiger partial charge in [-0.2, -0.15) is 5.26 Å². The van der Waals surface area contributed by atoms with Crippen LogP contribution in [-0.2, 0) is 9.53 Å². The molecule has 0 bridgehead atoms. The van der Waals surface area contributed by atoms with Gasteiger partial charge in [0.1, 0.15) is 12.1 Å². The molecule has 0 radical (unpaired) electrons. The highest BCUT2D eigenvalue weighted by atomic mass is 16.5. The van der Waals surface area contributed by atoms with Gasteiger partial charge in [-0.15, -0.1) is 0 Å². The number of carbonyl (C=O) groups is 1. The van der Waals surface area contributed by atoms with Crippen LogP contribution in [0, 0.1) is 11.3 Å². The van der Waals surface area contributed by atoms with Crippen LogP contribution in [0.15, 0.2) is 0 Å². The Morgan fingerprint density at radius 3 is 3.08 bits per heavy atom. The molecule has 1 heterocycles. The van der Waals surface area contributed by atoms with Gasteiger partial charge in [-0.3, -0.25) is 4.79 Å². The Labute approximate surface area is 77.9 Å². The van der Waals surface area contributed by atoms with Crippen LogP contribution < -0.4 is 5.32 Å². The van der Waals surface area contributed by atoms with Gasteiger partial charge in [0.2, 0.25) is 5.91 Å². The summed E-state index contributed by atoms with van der Waals surface area (Å²) in [5, 5.41) is 11.2. The van der Waals surface area contributed by atoms with Gasteiger partial charge in [0.05, 0.1) is 6.07 Å². The van der Waals surface area contributed by atoms with E-state index in [0.717, 1.165) is 12.8 Å². The highest BCUT2D eigenvalue weighted by Crippen LogP contribution is 2.11. The van der Waals surface area contributed by atoms with E-state index in [2.05, 4.69) is 5.32 Å². The van der Waals surface area contributed by atoms with Crippen molar-refractivity contribution in [1.82, 2.24) is 5.32 Å². The lowest BCUT2D eigenvalue weighted by Gasteiger charge is -2.12. The van der Waals surface area contributed by atoms with Crippen molar-refractivity contribution >= 4 is 5.91 Å². The van der Waals surface area contributed by atoms with E-state index >= 15 is 0 Å². The maximum atomic E-state index is 11.4. The normalized spacial score (nSPS) is 23.5. The average Bonchev–Trinajstić information content (AvgIpc) is 2.66. The first-order valence-corrected chi connectivity index (χ1v) is 4.59. The van der Waals surface area contributed by atoms with Gasteiger partial charge in [-0.1, -0.05) is 6.92 Å². The fraction of sp³-hybridized carbons (Fsp3) is 0.778. The molecule has 1 N–H and O–H groups in total. The highest BCUT2D eigenvalue weighted by Gasteiger charge is 2.24. The van der Waals surface area contributed by atoms with Gasteiger partial charge in [-0.05, 0) is 19.3 Å². The molecule has 1 amide bonds. The number of nitrogens with one attached hydrogen (secondary N) is 1. The largest absolute Gasteiger partial charge is 0.368 e. The van der Waals surface area contributed by atoms with E-state index in [-0.39, 0.29) is 18.1 Å². The predicted octanol–water partition coefficient (Wildman–Crippen LogP) is 0.584. The SMILES string of the molecule is CC[C@@H](C#N)NC(=O)[C@@H]1CCCO1. The van der Waals surface area contributed by atoms with Crippen molar-refractivity contribution in [3.8, 4) is 6.07 Å². The van der Waals surface area contributed by atoms with Crippen LogP contribution in [0.5, 0.6) is 0 Å². The first-order valence-electron chi connectivity index (χ1n) is 4.59. The molecule has 0 aliphatic carbocycles. The minimum absolute atomic E-state index is 0.147. The zero-order valence-corrected chi connectivity index (χ0v) is 7.75. The first-order chi connectivity index (χ1) is 6.27. The van der Waals surface area contributed by atoms with Gasteiger partial charge in [-0.25, -0.2) is 0 Å². The third-order valence-electron chi connectivity index (χ3n) is 2.10. The second-order valence-electron chi connectivity index (χ2n) is 3.10. The molecular formula is C9H14N2O2. The smallest absolute Gasteiger partial charge is 0.250 e. The molecule has 4 nitrogen and oxygen atoms in total. The minimum atomic E-state index is -0.378. The summed E-state index contributed by atoms with van der Waals surface area (Å²) < 4.78 is 5.18. The minimum Gasteiger partial charge on any atom is -0.368 e. The molecular weight excluding hydrogens is 168 g/mol. The van der Waals surface area contributed by atoms with Gasteiger partial charge >= 0.3 is 0 Å². The van der Waals surface area contributed by atoms with E-state index in [0.29, 0.717) is 13.0 Å². The van der Waals surface area contributed by atoms with E-state index < -0.39 is 0 Å². The molecule has 0 spiro atoms. The molecule has 4 heteroatoms. The monoisotopic (exact) mass is 182 g/mol. The lowest BCUT2D eigenvalue weighted by Crippen LogP contribution is -2.40. The summed E-state index contributed by atoms with van der Waals surface area (Å²) in [6, 6.07) is 1.64. The second-order valence-corrected chi connectivity index (χ2v) is 3.10. The Kier molecular flexibility index (Phi) is 3.71. The Balaban J connectivity index is 2.35. The third-order valence-corrected chi connectivity index (χ3v) is 2.10. The van der Waals surface area contributed by atoms with Crippen LogP contribution in [0.1, 0.15) is 26.2 Å².